The largest absolute Gasteiger partial charge is 0.492 e. The van der Waals surface area contributed by atoms with Gasteiger partial charge in [-0.1, -0.05) is 18.2 Å². The van der Waals surface area contributed by atoms with Crippen molar-refractivity contribution in [2.24, 2.45) is 0 Å². The number of likely N-dealkylation sites (N-methyl/N-ethyl adjacent to an activating group) is 1. The molecule has 0 atom stereocenters. The van der Waals surface area contributed by atoms with Crippen molar-refractivity contribution in [2.45, 2.75) is 25.4 Å². The van der Waals surface area contributed by atoms with Crippen LogP contribution in [0.25, 0.3) is 0 Å². The monoisotopic (exact) mass is 411 g/mol. The van der Waals surface area contributed by atoms with Gasteiger partial charge in [-0.2, -0.15) is 0 Å². The lowest BCUT2D eigenvalue weighted by molar-refractivity contribution is 0.0392. The van der Waals surface area contributed by atoms with E-state index in [0.29, 0.717) is 24.8 Å². The maximum Gasteiger partial charge on any atom is 0.251 e. The van der Waals surface area contributed by atoms with E-state index in [2.05, 4.69) is 17.3 Å². The van der Waals surface area contributed by atoms with Crippen molar-refractivity contribution in [3.05, 3.63) is 59.7 Å². The van der Waals surface area contributed by atoms with Crippen LogP contribution in [0, 0.1) is 0 Å². The molecule has 0 aliphatic carbocycles. The molecule has 162 valence electrons. The third kappa shape index (κ3) is 6.47. The fourth-order valence-electron chi connectivity index (χ4n) is 3.57. The molecular formula is C24H33N3O3. The predicted molar refractivity (Wildman–Crippen MR) is 120 cm³/mol. The summed E-state index contributed by atoms with van der Waals surface area (Å²) in [7, 11) is 6.07. The van der Waals surface area contributed by atoms with Crippen LogP contribution < -0.4 is 15.0 Å². The summed E-state index contributed by atoms with van der Waals surface area (Å²) < 4.78 is 11.4. The fourth-order valence-corrected chi connectivity index (χ4v) is 3.57. The van der Waals surface area contributed by atoms with Crippen molar-refractivity contribution >= 4 is 11.6 Å². The third-order valence-corrected chi connectivity index (χ3v) is 5.50. The number of hydrogen-bond acceptors (Lipinski definition) is 5. The number of hydrogen-bond donors (Lipinski definition) is 1. The minimum Gasteiger partial charge on any atom is -0.492 e. The van der Waals surface area contributed by atoms with Gasteiger partial charge >= 0.3 is 0 Å². The Morgan fingerprint density at radius 1 is 1.10 bits per heavy atom. The average Bonchev–Trinajstić information content (AvgIpc) is 2.78. The molecule has 1 N–H and O–H groups in total. The second-order valence-corrected chi connectivity index (χ2v) is 7.95. The van der Waals surface area contributed by atoms with Crippen LogP contribution in [0.15, 0.2) is 48.5 Å². The van der Waals surface area contributed by atoms with Crippen LogP contribution in [-0.4, -0.2) is 64.4 Å². The highest BCUT2D eigenvalue weighted by Crippen LogP contribution is 2.16. The molecule has 0 radical (unpaired) electrons. The predicted octanol–water partition coefficient (Wildman–Crippen LogP) is 3.17. The molecule has 1 aliphatic rings. The molecule has 0 saturated carbocycles. The lowest BCUT2D eigenvalue weighted by Gasteiger charge is -2.31. The summed E-state index contributed by atoms with van der Waals surface area (Å²) >= 11 is 0. The lowest BCUT2D eigenvalue weighted by atomic mass is 10.1. The van der Waals surface area contributed by atoms with Gasteiger partial charge in [0.25, 0.3) is 5.91 Å². The Morgan fingerprint density at radius 3 is 2.63 bits per heavy atom. The summed E-state index contributed by atoms with van der Waals surface area (Å²) in [5.74, 6) is 0.750. The molecule has 30 heavy (non-hydrogen) atoms. The van der Waals surface area contributed by atoms with E-state index < -0.39 is 0 Å². The van der Waals surface area contributed by atoms with E-state index in [1.54, 1.807) is 0 Å². The van der Waals surface area contributed by atoms with Crippen LogP contribution in [0.3, 0.4) is 0 Å². The lowest BCUT2D eigenvalue weighted by Crippen LogP contribution is -2.38. The molecule has 0 unspecified atom stereocenters. The minimum atomic E-state index is -0.0805. The van der Waals surface area contributed by atoms with Crippen molar-refractivity contribution in [1.29, 1.82) is 0 Å². The summed E-state index contributed by atoms with van der Waals surface area (Å²) in [5.41, 5.74) is 2.68. The molecule has 3 rings (SSSR count). The van der Waals surface area contributed by atoms with Gasteiger partial charge in [-0.05, 0) is 55.8 Å². The highest BCUT2D eigenvalue weighted by atomic mass is 16.5. The van der Waals surface area contributed by atoms with Crippen molar-refractivity contribution in [3.8, 4) is 5.75 Å². The summed E-state index contributed by atoms with van der Waals surface area (Å²) in [6.07, 6.45) is 2.17. The van der Waals surface area contributed by atoms with Crippen molar-refractivity contribution in [3.63, 3.8) is 0 Å². The normalized spacial score (nSPS) is 14.5. The van der Waals surface area contributed by atoms with E-state index in [4.69, 9.17) is 9.47 Å². The van der Waals surface area contributed by atoms with Crippen molar-refractivity contribution in [1.82, 2.24) is 10.2 Å². The van der Waals surface area contributed by atoms with Crippen LogP contribution >= 0.6 is 0 Å². The number of carbonyl (C=O) groups is 1. The molecule has 1 amide bonds. The highest BCUT2D eigenvalue weighted by molar-refractivity contribution is 5.95. The molecule has 2 aromatic rings. The van der Waals surface area contributed by atoms with Crippen molar-refractivity contribution < 1.29 is 14.3 Å². The third-order valence-electron chi connectivity index (χ3n) is 5.50. The van der Waals surface area contributed by atoms with E-state index in [1.165, 1.54) is 0 Å². The number of ether oxygens (including phenoxy) is 2. The molecule has 0 aromatic heterocycles. The average molecular weight is 412 g/mol. The van der Waals surface area contributed by atoms with Gasteiger partial charge in [-0.3, -0.25) is 9.69 Å². The van der Waals surface area contributed by atoms with E-state index in [0.717, 1.165) is 49.6 Å². The zero-order chi connectivity index (χ0) is 21.3. The van der Waals surface area contributed by atoms with Gasteiger partial charge in [-0.15, -0.1) is 0 Å². The molecule has 2 aromatic carbocycles. The van der Waals surface area contributed by atoms with Crippen LogP contribution in [0.1, 0.15) is 28.8 Å². The molecule has 6 nitrogen and oxygen atoms in total. The first kappa shape index (κ1) is 22.1. The Labute approximate surface area is 179 Å². The Morgan fingerprint density at radius 2 is 1.87 bits per heavy atom. The number of nitrogens with zero attached hydrogens (tertiary/aromatic N) is 2. The first-order valence-corrected chi connectivity index (χ1v) is 10.6. The smallest absolute Gasteiger partial charge is 0.251 e. The van der Waals surface area contributed by atoms with Gasteiger partial charge < -0.3 is 19.7 Å². The number of carbonyl (C=O) groups excluding carboxylic acids is 1. The fraction of sp³-hybridized carbons (Fsp3) is 0.458. The van der Waals surface area contributed by atoms with Gasteiger partial charge in [0.15, 0.2) is 0 Å². The number of amides is 1. The Balaban J connectivity index is 1.47. The molecule has 1 aliphatic heterocycles. The summed E-state index contributed by atoms with van der Waals surface area (Å²) in [6.45, 7) is 3.69. The summed E-state index contributed by atoms with van der Waals surface area (Å²) in [4.78, 5) is 16.8. The van der Waals surface area contributed by atoms with E-state index in [1.807, 2.05) is 67.5 Å². The van der Waals surface area contributed by atoms with Crippen LogP contribution in [0.5, 0.6) is 5.75 Å². The van der Waals surface area contributed by atoms with Crippen LogP contribution in [0.2, 0.25) is 0 Å². The van der Waals surface area contributed by atoms with Gasteiger partial charge in [0.05, 0.1) is 0 Å². The van der Waals surface area contributed by atoms with E-state index in [9.17, 15) is 4.79 Å². The molecule has 6 heteroatoms. The van der Waals surface area contributed by atoms with Gasteiger partial charge in [0, 0.05) is 57.7 Å². The van der Waals surface area contributed by atoms with E-state index >= 15 is 0 Å². The van der Waals surface area contributed by atoms with Crippen LogP contribution in [0.4, 0.5) is 5.69 Å². The number of benzene rings is 2. The zero-order valence-corrected chi connectivity index (χ0v) is 18.3. The summed E-state index contributed by atoms with van der Waals surface area (Å²) in [6, 6.07) is 16.1. The number of anilines is 1. The van der Waals surface area contributed by atoms with Gasteiger partial charge in [0.2, 0.25) is 0 Å². The number of nitrogens with one attached hydrogen (secondary N) is 1. The topological polar surface area (TPSA) is 54.0 Å². The zero-order valence-electron chi connectivity index (χ0n) is 18.3. The first-order chi connectivity index (χ1) is 14.5. The first-order valence-electron chi connectivity index (χ1n) is 10.6. The van der Waals surface area contributed by atoms with E-state index in [-0.39, 0.29) is 5.91 Å². The molecule has 1 fully saturated rings. The SMILES string of the molecule is CN(C)c1cccc(C(=O)NCc2cccc(OCCN(C)C3CCOCC3)c2)c1. The minimum absolute atomic E-state index is 0.0805. The molecular weight excluding hydrogens is 378 g/mol. The quantitative estimate of drug-likeness (QED) is 0.687. The highest BCUT2D eigenvalue weighted by Gasteiger charge is 2.18. The maximum atomic E-state index is 12.5. The second kappa shape index (κ2) is 11.0. The Kier molecular flexibility index (Phi) is 8.11. The molecule has 1 saturated heterocycles. The molecule has 0 bridgehead atoms. The summed E-state index contributed by atoms with van der Waals surface area (Å²) in [5, 5.41) is 2.99. The molecule has 1 heterocycles. The number of rotatable bonds is 9. The Hall–Kier alpha value is -2.57. The van der Waals surface area contributed by atoms with Crippen molar-refractivity contribution in [2.75, 3.05) is 52.4 Å². The Bertz CT molecular complexity index is 819. The second-order valence-electron chi connectivity index (χ2n) is 7.95. The standard InChI is InChI=1S/C24H33N3O3/c1-26(2)22-8-5-7-20(17-22)24(28)25-18-19-6-4-9-23(16-19)30-15-12-27(3)21-10-13-29-14-11-21/h4-9,16-17,21H,10-15,18H2,1-3H3,(H,25,28). The molecule has 0 spiro atoms. The maximum absolute atomic E-state index is 12.5. The van der Waals surface area contributed by atoms with Crippen LogP contribution in [-0.2, 0) is 11.3 Å². The van der Waals surface area contributed by atoms with Gasteiger partial charge in [0.1, 0.15) is 12.4 Å². The van der Waals surface area contributed by atoms with Gasteiger partial charge in [-0.25, -0.2) is 0 Å².